The van der Waals surface area contributed by atoms with Crippen LogP contribution in [0, 0.1) is 12.8 Å². The van der Waals surface area contributed by atoms with Crippen LogP contribution in [-0.2, 0) is 10.2 Å². The summed E-state index contributed by atoms with van der Waals surface area (Å²) in [6, 6.07) is 13.3. The molecule has 2 aromatic rings. The third kappa shape index (κ3) is 5.18. The van der Waals surface area contributed by atoms with E-state index in [1.165, 1.54) is 5.56 Å². The quantitative estimate of drug-likeness (QED) is 0.729. The molecule has 1 saturated heterocycles. The van der Waals surface area contributed by atoms with E-state index < -0.39 is 0 Å². The van der Waals surface area contributed by atoms with E-state index in [4.69, 9.17) is 11.6 Å². The smallest absolute Gasteiger partial charge is 0.253 e. The van der Waals surface area contributed by atoms with Crippen molar-refractivity contribution in [2.24, 2.45) is 5.92 Å². The molecule has 1 aliphatic heterocycles. The van der Waals surface area contributed by atoms with Gasteiger partial charge < -0.3 is 10.2 Å². The van der Waals surface area contributed by atoms with Crippen LogP contribution < -0.4 is 5.32 Å². The summed E-state index contributed by atoms with van der Waals surface area (Å²) in [5.74, 6) is -0.0623. The number of hydrogen-bond acceptors (Lipinski definition) is 2. The lowest BCUT2D eigenvalue weighted by molar-refractivity contribution is -0.121. The molecule has 5 heteroatoms. The molecule has 2 aromatic carbocycles. The van der Waals surface area contributed by atoms with Crippen LogP contribution in [0.4, 0.5) is 5.69 Å². The maximum atomic E-state index is 12.8. The van der Waals surface area contributed by atoms with Crippen molar-refractivity contribution in [1.29, 1.82) is 0 Å². The molecule has 2 amide bonds. The Labute approximate surface area is 178 Å². The molecule has 1 fully saturated rings. The van der Waals surface area contributed by atoms with Crippen molar-refractivity contribution in [1.82, 2.24) is 4.90 Å². The molecule has 1 heterocycles. The number of halogens is 1. The molecule has 4 nitrogen and oxygen atoms in total. The topological polar surface area (TPSA) is 49.4 Å². The molecule has 0 unspecified atom stereocenters. The van der Waals surface area contributed by atoms with Gasteiger partial charge in [0.1, 0.15) is 0 Å². The van der Waals surface area contributed by atoms with Crippen molar-refractivity contribution in [3.8, 4) is 0 Å². The number of hydrogen-bond donors (Lipinski definition) is 1. The molecule has 0 atom stereocenters. The van der Waals surface area contributed by atoms with E-state index in [-0.39, 0.29) is 23.1 Å². The molecule has 0 spiro atoms. The number of piperidine rings is 1. The SMILES string of the molecule is Cc1ccc(Cl)cc1NC(=O)C1CCN(C(=O)c2ccc(C(C)(C)C)cc2)CC1. The highest BCUT2D eigenvalue weighted by molar-refractivity contribution is 6.31. The molecule has 0 aromatic heterocycles. The Bertz CT molecular complexity index is 892. The molecule has 3 rings (SSSR count). The van der Waals surface area contributed by atoms with E-state index in [9.17, 15) is 9.59 Å². The van der Waals surface area contributed by atoms with Gasteiger partial charge in [-0.1, -0.05) is 50.6 Å². The number of rotatable bonds is 3. The molecule has 29 heavy (non-hydrogen) atoms. The van der Waals surface area contributed by atoms with Crippen LogP contribution in [0.1, 0.15) is 55.1 Å². The summed E-state index contributed by atoms with van der Waals surface area (Å²) in [6.45, 7) is 9.59. The molecular formula is C24H29ClN2O2. The first-order valence-corrected chi connectivity index (χ1v) is 10.5. The molecular weight excluding hydrogens is 384 g/mol. The summed E-state index contributed by atoms with van der Waals surface area (Å²) in [6.07, 6.45) is 1.33. The number of likely N-dealkylation sites (tertiary alicyclic amines) is 1. The Kier molecular flexibility index (Phi) is 6.33. The van der Waals surface area contributed by atoms with Gasteiger partial charge in [-0.15, -0.1) is 0 Å². The predicted octanol–water partition coefficient (Wildman–Crippen LogP) is 5.44. The van der Waals surface area contributed by atoms with Gasteiger partial charge in [0, 0.05) is 35.3 Å². The van der Waals surface area contributed by atoms with Crippen LogP contribution in [0.3, 0.4) is 0 Å². The normalized spacial score (nSPS) is 15.3. The Hall–Kier alpha value is -2.33. The zero-order valence-electron chi connectivity index (χ0n) is 17.6. The van der Waals surface area contributed by atoms with Crippen LogP contribution in [0.2, 0.25) is 5.02 Å². The summed E-state index contributed by atoms with van der Waals surface area (Å²) in [7, 11) is 0. The lowest BCUT2D eigenvalue weighted by Crippen LogP contribution is -2.41. The van der Waals surface area contributed by atoms with Gasteiger partial charge in [-0.2, -0.15) is 0 Å². The summed E-state index contributed by atoms with van der Waals surface area (Å²) in [5, 5.41) is 3.59. The number of benzene rings is 2. The third-order valence-electron chi connectivity index (χ3n) is 5.61. The molecule has 154 valence electrons. The Morgan fingerprint density at radius 3 is 2.24 bits per heavy atom. The number of nitrogens with one attached hydrogen (secondary N) is 1. The van der Waals surface area contributed by atoms with Gasteiger partial charge in [0.15, 0.2) is 0 Å². The highest BCUT2D eigenvalue weighted by Gasteiger charge is 2.28. The zero-order valence-corrected chi connectivity index (χ0v) is 18.3. The van der Waals surface area contributed by atoms with Crippen LogP contribution in [0.15, 0.2) is 42.5 Å². The van der Waals surface area contributed by atoms with E-state index >= 15 is 0 Å². The second-order valence-electron chi connectivity index (χ2n) is 8.84. The molecule has 0 saturated carbocycles. The highest BCUT2D eigenvalue weighted by atomic mass is 35.5. The minimum Gasteiger partial charge on any atom is -0.339 e. The number of amides is 2. The minimum absolute atomic E-state index is 0.00278. The van der Waals surface area contributed by atoms with E-state index in [2.05, 4.69) is 26.1 Å². The van der Waals surface area contributed by atoms with Crippen LogP contribution >= 0.6 is 11.6 Å². The van der Waals surface area contributed by atoms with Crippen LogP contribution in [0.5, 0.6) is 0 Å². The van der Waals surface area contributed by atoms with Crippen molar-refractivity contribution in [2.75, 3.05) is 18.4 Å². The number of anilines is 1. The predicted molar refractivity (Wildman–Crippen MR) is 119 cm³/mol. The minimum atomic E-state index is -0.0966. The fourth-order valence-electron chi connectivity index (χ4n) is 3.60. The van der Waals surface area contributed by atoms with E-state index in [0.717, 1.165) is 11.3 Å². The Balaban J connectivity index is 1.57. The average Bonchev–Trinajstić information content (AvgIpc) is 2.69. The number of carbonyl (C=O) groups excluding carboxylic acids is 2. The summed E-state index contributed by atoms with van der Waals surface area (Å²) >= 11 is 6.04. The second-order valence-corrected chi connectivity index (χ2v) is 9.28. The van der Waals surface area contributed by atoms with Gasteiger partial charge in [0.25, 0.3) is 5.91 Å². The zero-order chi connectivity index (χ0) is 21.2. The lowest BCUT2D eigenvalue weighted by atomic mass is 9.86. The summed E-state index contributed by atoms with van der Waals surface area (Å²) in [4.78, 5) is 27.3. The van der Waals surface area contributed by atoms with E-state index in [1.807, 2.05) is 48.2 Å². The fourth-order valence-corrected chi connectivity index (χ4v) is 3.78. The van der Waals surface area contributed by atoms with Gasteiger partial charge in [0.2, 0.25) is 5.91 Å². The third-order valence-corrected chi connectivity index (χ3v) is 5.84. The largest absolute Gasteiger partial charge is 0.339 e. The molecule has 1 N–H and O–H groups in total. The van der Waals surface area contributed by atoms with Gasteiger partial charge in [-0.05, 0) is 60.6 Å². The van der Waals surface area contributed by atoms with Crippen LogP contribution in [0.25, 0.3) is 0 Å². The maximum absolute atomic E-state index is 12.8. The van der Waals surface area contributed by atoms with Crippen molar-refractivity contribution < 1.29 is 9.59 Å². The lowest BCUT2D eigenvalue weighted by Gasteiger charge is -2.31. The first-order chi connectivity index (χ1) is 13.6. The standard InChI is InChI=1S/C24H29ClN2O2/c1-16-5-10-20(25)15-21(16)26-22(28)17-11-13-27(14-12-17)23(29)18-6-8-19(9-7-18)24(2,3)4/h5-10,15,17H,11-14H2,1-4H3,(H,26,28). The Morgan fingerprint density at radius 1 is 1.03 bits per heavy atom. The van der Waals surface area contributed by atoms with Crippen molar-refractivity contribution in [2.45, 2.75) is 46.0 Å². The van der Waals surface area contributed by atoms with Gasteiger partial charge in [0.05, 0.1) is 0 Å². The van der Waals surface area contributed by atoms with Crippen molar-refractivity contribution in [3.05, 3.63) is 64.2 Å². The number of aryl methyl sites for hydroxylation is 1. The number of carbonyl (C=O) groups is 2. The fraction of sp³-hybridized carbons (Fsp3) is 0.417. The van der Waals surface area contributed by atoms with E-state index in [0.29, 0.717) is 36.5 Å². The number of nitrogens with zero attached hydrogens (tertiary/aromatic N) is 1. The van der Waals surface area contributed by atoms with Gasteiger partial charge in [-0.3, -0.25) is 9.59 Å². The monoisotopic (exact) mass is 412 g/mol. The highest BCUT2D eigenvalue weighted by Crippen LogP contribution is 2.26. The Morgan fingerprint density at radius 2 is 1.66 bits per heavy atom. The van der Waals surface area contributed by atoms with E-state index in [1.54, 1.807) is 6.07 Å². The molecule has 0 bridgehead atoms. The van der Waals surface area contributed by atoms with Gasteiger partial charge >= 0.3 is 0 Å². The van der Waals surface area contributed by atoms with Crippen LogP contribution in [-0.4, -0.2) is 29.8 Å². The summed E-state index contributed by atoms with van der Waals surface area (Å²) in [5.41, 5.74) is 3.71. The summed E-state index contributed by atoms with van der Waals surface area (Å²) < 4.78 is 0. The average molecular weight is 413 g/mol. The first-order valence-electron chi connectivity index (χ1n) is 10.1. The molecule has 0 aliphatic carbocycles. The first kappa shape index (κ1) is 21.4. The second kappa shape index (κ2) is 8.58. The van der Waals surface area contributed by atoms with Gasteiger partial charge in [-0.25, -0.2) is 0 Å². The van der Waals surface area contributed by atoms with Crippen molar-refractivity contribution in [3.63, 3.8) is 0 Å². The maximum Gasteiger partial charge on any atom is 0.253 e. The molecule has 1 aliphatic rings. The van der Waals surface area contributed by atoms with Crippen molar-refractivity contribution >= 4 is 29.1 Å². The molecule has 0 radical (unpaired) electrons.